The number of anilines is 1. The molecule has 0 bridgehead atoms. The molecule has 1 aliphatic heterocycles. The zero-order valence-corrected chi connectivity index (χ0v) is 9.08. The molecule has 2 rings (SSSR count). The highest BCUT2D eigenvalue weighted by molar-refractivity contribution is 5.45. The SMILES string of the molecule is NCCCN1CCc2ccc(N)cc2C1. The fraction of sp³-hybridized carbons (Fsp3) is 0.500. The van der Waals surface area contributed by atoms with Crippen LogP contribution in [0.4, 0.5) is 5.69 Å². The van der Waals surface area contributed by atoms with E-state index in [0.717, 1.165) is 44.7 Å². The van der Waals surface area contributed by atoms with Crippen molar-refractivity contribution < 1.29 is 0 Å². The smallest absolute Gasteiger partial charge is 0.0317 e. The first-order valence-corrected chi connectivity index (χ1v) is 5.59. The average molecular weight is 205 g/mol. The zero-order chi connectivity index (χ0) is 10.7. The maximum absolute atomic E-state index is 5.79. The lowest BCUT2D eigenvalue weighted by molar-refractivity contribution is 0.252. The van der Waals surface area contributed by atoms with E-state index >= 15 is 0 Å². The van der Waals surface area contributed by atoms with Gasteiger partial charge >= 0.3 is 0 Å². The van der Waals surface area contributed by atoms with Crippen LogP contribution in [0.5, 0.6) is 0 Å². The zero-order valence-electron chi connectivity index (χ0n) is 9.08. The monoisotopic (exact) mass is 205 g/mol. The standard InChI is InChI=1S/C12H19N3/c13-5-1-6-15-7-4-10-2-3-12(14)8-11(10)9-15/h2-3,8H,1,4-7,9,13-14H2. The first kappa shape index (κ1) is 10.5. The molecule has 0 amide bonds. The lowest BCUT2D eigenvalue weighted by Gasteiger charge is -2.28. The van der Waals surface area contributed by atoms with Crippen molar-refractivity contribution in [3.05, 3.63) is 29.3 Å². The normalized spacial score (nSPS) is 16.3. The lowest BCUT2D eigenvalue weighted by atomic mass is 9.99. The third kappa shape index (κ3) is 2.49. The van der Waals surface area contributed by atoms with Crippen LogP contribution < -0.4 is 11.5 Å². The van der Waals surface area contributed by atoms with Crippen LogP contribution >= 0.6 is 0 Å². The minimum atomic E-state index is 0.778. The summed E-state index contributed by atoms with van der Waals surface area (Å²) in [5.41, 5.74) is 15.0. The fourth-order valence-electron chi connectivity index (χ4n) is 2.14. The van der Waals surface area contributed by atoms with Gasteiger partial charge in [0.05, 0.1) is 0 Å². The van der Waals surface area contributed by atoms with Gasteiger partial charge in [-0.2, -0.15) is 0 Å². The van der Waals surface area contributed by atoms with Crippen molar-refractivity contribution in [3.63, 3.8) is 0 Å². The minimum absolute atomic E-state index is 0.778. The van der Waals surface area contributed by atoms with Crippen LogP contribution in [0, 0.1) is 0 Å². The summed E-state index contributed by atoms with van der Waals surface area (Å²) in [4.78, 5) is 2.45. The Balaban J connectivity index is 2.05. The van der Waals surface area contributed by atoms with E-state index < -0.39 is 0 Å². The molecule has 1 aliphatic rings. The first-order valence-electron chi connectivity index (χ1n) is 5.59. The van der Waals surface area contributed by atoms with Gasteiger partial charge in [0.25, 0.3) is 0 Å². The summed E-state index contributed by atoms with van der Waals surface area (Å²) in [6.07, 6.45) is 2.22. The van der Waals surface area contributed by atoms with Crippen molar-refractivity contribution in [3.8, 4) is 0 Å². The van der Waals surface area contributed by atoms with Crippen LogP contribution in [0.3, 0.4) is 0 Å². The predicted octanol–water partition coefficient (Wildman–Crippen LogP) is 0.976. The molecule has 0 radical (unpaired) electrons. The van der Waals surface area contributed by atoms with Gasteiger partial charge in [-0.05, 0) is 49.2 Å². The number of nitrogen functional groups attached to an aromatic ring is 1. The number of hydrogen-bond acceptors (Lipinski definition) is 3. The molecular formula is C12H19N3. The molecular weight excluding hydrogens is 186 g/mol. The summed E-state index contributed by atoms with van der Waals surface area (Å²) in [5, 5.41) is 0. The van der Waals surface area contributed by atoms with E-state index in [1.54, 1.807) is 0 Å². The fourth-order valence-corrected chi connectivity index (χ4v) is 2.14. The number of rotatable bonds is 3. The Morgan fingerprint density at radius 3 is 2.93 bits per heavy atom. The van der Waals surface area contributed by atoms with E-state index in [1.165, 1.54) is 11.1 Å². The van der Waals surface area contributed by atoms with Gasteiger partial charge in [-0.15, -0.1) is 0 Å². The van der Waals surface area contributed by atoms with Crippen LogP contribution in [0.25, 0.3) is 0 Å². The molecule has 0 fully saturated rings. The second kappa shape index (κ2) is 4.64. The molecule has 3 nitrogen and oxygen atoms in total. The Morgan fingerprint density at radius 1 is 1.27 bits per heavy atom. The molecule has 0 spiro atoms. The topological polar surface area (TPSA) is 55.3 Å². The van der Waals surface area contributed by atoms with Gasteiger partial charge in [-0.3, -0.25) is 4.90 Å². The van der Waals surface area contributed by atoms with Crippen LogP contribution in [0.15, 0.2) is 18.2 Å². The number of nitrogens with two attached hydrogens (primary N) is 2. The first-order chi connectivity index (χ1) is 7.29. The van der Waals surface area contributed by atoms with E-state index in [9.17, 15) is 0 Å². The molecule has 0 aromatic heterocycles. The summed E-state index contributed by atoms with van der Waals surface area (Å²) in [5.74, 6) is 0. The minimum Gasteiger partial charge on any atom is -0.399 e. The highest BCUT2D eigenvalue weighted by Gasteiger charge is 2.15. The molecule has 0 atom stereocenters. The highest BCUT2D eigenvalue weighted by Crippen LogP contribution is 2.21. The molecule has 1 aromatic rings. The molecule has 0 saturated carbocycles. The van der Waals surface area contributed by atoms with Crippen molar-refractivity contribution in [2.45, 2.75) is 19.4 Å². The number of benzene rings is 1. The van der Waals surface area contributed by atoms with Crippen molar-refractivity contribution in [2.24, 2.45) is 5.73 Å². The van der Waals surface area contributed by atoms with Gasteiger partial charge in [-0.25, -0.2) is 0 Å². The summed E-state index contributed by atoms with van der Waals surface area (Å²) in [6, 6.07) is 6.25. The molecule has 0 saturated heterocycles. The average Bonchev–Trinajstić information content (AvgIpc) is 2.25. The Morgan fingerprint density at radius 2 is 2.13 bits per heavy atom. The molecule has 0 unspecified atom stereocenters. The highest BCUT2D eigenvalue weighted by atomic mass is 15.1. The lowest BCUT2D eigenvalue weighted by Crippen LogP contribution is -2.32. The van der Waals surface area contributed by atoms with E-state index in [0.29, 0.717) is 0 Å². The molecule has 1 aromatic carbocycles. The van der Waals surface area contributed by atoms with E-state index in [2.05, 4.69) is 17.0 Å². The number of hydrogen-bond donors (Lipinski definition) is 2. The Labute approximate surface area is 91.1 Å². The van der Waals surface area contributed by atoms with Gasteiger partial charge in [0.15, 0.2) is 0 Å². The molecule has 82 valence electrons. The third-order valence-corrected chi connectivity index (χ3v) is 3.00. The van der Waals surface area contributed by atoms with Crippen molar-refractivity contribution in [1.82, 2.24) is 4.90 Å². The van der Waals surface area contributed by atoms with Gasteiger partial charge in [-0.1, -0.05) is 6.07 Å². The number of nitrogens with zero attached hydrogens (tertiary/aromatic N) is 1. The van der Waals surface area contributed by atoms with Crippen LogP contribution in [-0.2, 0) is 13.0 Å². The van der Waals surface area contributed by atoms with Crippen molar-refractivity contribution >= 4 is 5.69 Å². The quantitative estimate of drug-likeness (QED) is 0.723. The van der Waals surface area contributed by atoms with Gasteiger partial charge in [0.1, 0.15) is 0 Å². The van der Waals surface area contributed by atoms with E-state index in [-0.39, 0.29) is 0 Å². The van der Waals surface area contributed by atoms with E-state index in [4.69, 9.17) is 11.5 Å². The maximum atomic E-state index is 5.79. The molecule has 3 heteroatoms. The van der Waals surface area contributed by atoms with Crippen molar-refractivity contribution in [2.75, 3.05) is 25.4 Å². The van der Waals surface area contributed by atoms with Crippen LogP contribution in [0.1, 0.15) is 17.5 Å². The second-order valence-corrected chi connectivity index (χ2v) is 4.20. The summed E-state index contributed by atoms with van der Waals surface area (Å²) >= 11 is 0. The maximum Gasteiger partial charge on any atom is 0.0317 e. The largest absolute Gasteiger partial charge is 0.399 e. The molecule has 1 heterocycles. The summed E-state index contributed by atoms with van der Waals surface area (Å²) in [7, 11) is 0. The van der Waals surface area contributed by atoms with Gasteiger partial charge < -0.3 is 11.5 Å². The van der Waals surface area contributed by atoms with Crippen LogP contribution in [0.2, 0.25) is 0 Å². The Bertz CT molecular complexity index is 336. The Hall–Kier alpha value is -1.06. The number of fused-ring (bicyclic) bond motifs is 1. The molecule has 0 aliphatic carbocycles. The molecule has 15 heavy (non-hydrogen) atoms. The second-order valence-electron chi connectivity index (χ2n) is 4.20. The van der Waals surface area contributed by atoms with E-state index in [1.807, 2.05) is 6.07 Å². The summed E-state index contributed by atoms with van der Waals surface area (Å²) in [6.45, 7) is 4.06. The van der Waals surface area contributed by atoms with Gasteiger partial charge in [0.2, 0.25) is 0 Å². The van der Waals surface area contributed by atoms with Crippen molar-refractivity contribution in [1.29, 1.82) is 0 Å². The summed E-state index contributed by atoms with van der Waals surface area (Å²) < 4.78 is 0. The third-order valence-electron chi connectivity index (χ3n) is 3.00. The van der Waals surface area contributed by atoms with Gasteiger partial charge in [0, 0.05) is 18.8 Å². The predicted molar refractivity (Wildman–Crippen MR) is 63.5 cm³/mol. The Kier molecular flexibility index (Phi) is 3.23. The molecule has 4 N–H and O–H groups in total. The van der Waals surface area contributed by atoms with Crippen LogP contribution in [-0.4, -0.2) is 24.5 Å².